The normalized spacial score (nSPS) is 11.6. The zero-order valence-electron chi connectivity index (χ0n) is 15.1. The summed E-state index contributed by atoms with van der Waals surface area (Å²) >= 11 is 0. The highest BCUT2D eigenvalue weighted by molar-refractivity contribution is 5.79. The smallest absolute Gasteiger partial charge is 0.269 e. The average Bonchev–Trinajstić information content (AvgIpc) is 2.73. The molecule has 1 unspecified atom stereocenters. The van der Waals surface area contributed by atoms with E-state index in [9.17, 15) is 20.0 Å². The summed E-state index contributed by atoms with van der Waals surface area (Å²) in [6, 6.07) is 23.4. The molecule has 0 spiro atoms. The van der Waals surface area contributed by atoms with Gasteiger partial charge in [0.1, 0.15) is 0 Å². The number of aliphatic hydroxyl groups excluding tert-OH is 1. The van der Waals surface area contributed by atoms with Crippen molar-refractivity contribution in [2.75, 3.05) is 6.54 Å². The number of nitrogens with zero attached hydrogens (tertiary/aromatic N) is 1. The van der Waals surface area contributed by atoms with E-state index >= 15 is 0 Å². The maximum absolute atomic E-state index is 12.1. The molecular formula is C22H20N2O4. The number of carbonyl (C=O) groups excluding carboxylic acids is 1. The Bertz CT molecular complexity index is 939. The van der Waals surface area contributed by atoms with Gasteiger partial charge in [0.05, 0.1) is 17.4 Å². The number of nitro groups is 1. The van der Waals surface area contributed by atoms with Crippen LogP contribution in [0, 0.1) is 10.1 Å². The van der Waals surface area contributed by atoms with Crippen molar-refractivity contribution in [1.82, 2.24) is 5.32 Å². The van der Waals surface area contributed by atoms with Gasteiger partial charge in [0, 0.05) is 18.7 Å². The molecule has 6 nitrogen and oxygen atoms in total. The number of amides is 1. The Morgan fingerprint density at radius 2 is 1.54 bits per heavy atom. The van der Waals surface area contributed by atoms with E-state index in [-0.39, 0.29) is 24.6 Å². The van der Waals surface area contributed by atoms with Gasteiger partial charge in [-0.1, -0.05) is 54.6 Å². The molecule has 0 aromatic heterocycles. The standard InChI is InChI=1S/C22H20N2O4/c25-21(19-10-12-20(13-11-19)24(27)28)15-23-22(26)14-16-6-8-18(9-7-16)17-4-2-1-3-5-17/h1-13,21,25H,14-15H2,(H,23,26). The van der Waals surface area contributed by atoms with E-state index < -0.39 is 11.0 Å². The summed E-state index contributed by atoms with van der Waals surface area (Å²) < 4.78 is 0. The second-order valence-electron chi connectivity index (χ2n) is 6.41. The third kappa shape index (κ3) is 5.02. The minimum atomic E-state index is -0.926. The van der Waals surface area contributed by atoms with Gasteiger partial charge in [-0.3, -0.25) is 14.9 Å². The summed E-state index contributed by atoms with van der Waals surface area (Å²) in [5.41, 5.74) is 3.54. The zero-order valence-corrected chi connectivity index (χ0v) is 15.1. The van der Waals surface area contributed by atoms with Crippen molar-refractivity contribution in [3.8, 4) is 11.1 Å². The zero-order chi connectivity index (χ0) is 19.9. The first-order valence-electron chi connectivity index (χ1n) is 8.86. The lowest BCUT2D eigenvalue weighted by atomic mass is 10.0. The monoisotopic (exact) mass is 376 g/mol. The first kappa shape index (κ1) is 19.3. The highest BCUT2D eigenvalue weighted by Gasteiger charge is 2.12. The third-order valence-corrected chi connectivity index (χ3v) is 4.41. The van der Waals surface area contributed by atoms with Crippen LogP contribution in [0.2, 0.25) is 0 Å². The van der Waals surface area contributed by atoms with Gasteiger partial charge in [0.25, 0.3) is 5.69 Å². The highest BCUT2D eigenvalue weighted by atomic mass is 16.6. The molecule has 0 bridgehead atoms. The van der Waals surface area contributed by atoms with E-state index in [2.05, 4.69) is 5.32 Å². The molecule has 3 aromatic rings. The van der Waals surface area contributed by atoms with Gasteiger partial charge in [-0.15, -0.1) is 0 Å². The Morgan fingerprint density at radius 3 is 2.14 bits per heavy atom. The van der Waals surface area contributed by atoms with Gasteiger partial charge in [-0.2, -0.15) is 0 Å². The molecular weight excluding hydrogens is 356 g/mol. The molecule has 0 saturated carbocycles. The first-order chi connectivity index (χ1) is 13.5. The minimum absolute atomic E-state index is 0.0404. The van der Waals surface area contributed by atoms with Crippen molar-refractivity contribution < 1.29 is 14.8 Å². The fraction of sp³-hybridized carbons (Fsp3) is 0.136. The van der Waals surface area contributed by atoms with Crippen LogP contribution in [0.5, 0.6) is 0 Å². The largest absolute Gasteiger partial charge is 0.387 e. The molecule has 3 rings (SSSR count). The molecule has 3 aromatic carbocycles. The molecule has 0 aliphatic rings. The second kappa shape index (κ2) is 8.92. The van der Waals surface area contributed by atoms with Crippen molar-refractivity contribution in [2.45, 2.75) is 12.5 Å². The van der Waals surface area contributed by atoms with E-state index in [1.54, 1.807) is 0 Å². The average molecular weight is 376 g/mol. The molecule has 2 N–H and O–H groups in total. The Hall–Kier alpha value is -3.51. The molecule has 28 heavy (non-hydrogen) atoms. The van der Waals surface area contributed by atoms with E-state index in [1.165, 1.54) is 24.3 Å². The third-order valence-electron chi connectivity index (χ3n) is 4.41. The molecule has 1 atom stereocenters. The maximum Gasteiger partial charge on any atom is 0.269 e. The van der Waals surface area contributed by atoms with Crippen molar-refractivity contribution in [3.63, 3.8) is 0 Å². The lowest BCUT2D eigenvalue weighted by Crippen LogP contribution is -2.29. The molecule has 6 heteroatoms. The number of benzene rings is 3. The Balaban J connectivity index is 1.52. The Labute approximate surface area is 162 Å². The molecule has 0 aliphatic heterocycles. The number of carbonyl (C=O) groups is 1. The predicted molar refractivity (Wildman–Crippen MR) is 107 cm³/mol. The molecule has 1 amide bonds. The minimum Gasteiger partial charge on any atom is -0.387 e. The van der Waals surface area contributed by atoms with Crippen LogP contribution in [0.4, 0.5) is 5.69 Å². The lowest BCUT2D eigenvalue weighted by Gasteiger charge is -2.12. The van der Waals surface area contributed by atoms with Gasteiger partial charge in [-0.05, 0) is 34.4 Å². The van der Waals surface area contributed by atoms with Crippen molar-refractivity contribution in [3.05, 3.63) is 100 Å². The van der Waals surface area contributed by atoms with Crippen molar-refractivity contribution in [1.29, 1.82) is 0 Å². The van der Waals surface area contributed by atoms with E-state index in [0.717, 1.165) is 16.7 Å². The van der Waals surface area contributed by atoms with Gasteiger partial charge >= 0.3 is 0 Å². The number of nitro benzene ring substituents is 1. The summed E-state index contributed by atoms with van der Waals surface area (Å²) in [7, 11) is 0. The fourth-order valence-corrected chi connectivity index (χ4v) is 2.84. The first-order valence-corrected chi connectivity index (χ1v) is 8.86. The maximum atomic E-state index is 12.1. The summed E-state index contributed by atoms with van der Waals surface area (Å²) in [5.74, 6) is -0.201. The van der Waals surface area contributed by atoms with Gasteiger partial charge in [0.2, 0.25) is 5.91 Å². The summed E-state index contributed by atoms with van der Waals surface area (Å²) in [4.78, 5) is 22.3. The number of aliphatic hydroxyl groups is 1. The van der Waals surface area contributed by atoms with Gasteiger partial charge < -0.3 is 10.4 Å². The molecule has 0 radical (unpaired) electrons. The highest BCUT2D eigenvalue weighted by Crippen LogP contribution is 2.20. The quantitative estimate of drug-likeness (QED) is 0.486. The van der Waals surface area contributed by atoms with Crippen LogP contribution >= 0.6 is 0 Å². The topological polar surface area (TPSA) is 92.5 Å². The van der Waals surface area contributed by atoms with Gasteiger partial charge in [-0.25, -0.2) is 0 Å². The number of hydrogen-bond donors (Lipinski definition) is 2. The van der Waals surface area contributed by atoms with Crippen LogP contribution < -0.4 is 5.32 Å². The van der Waals surface area contributed by atoms with Crippen LogP contribution in [-0.2, 0) is 11.2 Å². The summed E-state index contributed by atoms with van der Waals surface area (Å²) in [5, 5.41) is 23.5. The predicted octanol–water partition coefficient (Wildman–Crippen LogP) is 3.65. The Kier molecular flexibility index (Phi) is 6.14. The fourth-order valence-electron chi connectivity index (χ4n) is 2.84. The summed E-state index contributed by atoms with van der Waals surface area (Å²) in [6.45, 7) is 0.0404. The van der Waals surface area contributed by atoms with Crippen LogP contribution in [-0.4, -0.2) is 22.5 Å². The van der Waals surface area contributed by atoms with Crippen molar-refractivity contribution in [2.24, 2.45) is 0 Å². The van der Waals surface area contributed by atoms with E-state index in [4.69, 9.17) is 0 Å². The van der Waals surface area contributed by atoms with E-state index in [1.807, 2.05) is 54.6 Å². The SMILES string of the molecule is O=C(Cc1ccc(-c2ccccc2)cc1)NCC(O)c1ccc([N+](=O)[O-])cc1. The van der Waals surface area contributed by atoms with E-state index in [0.29, 0.717) is 5.56 Å². The van der Waals surface area contributed by atoms with Crippen molar-refractivity contribution >= 4 is 11.6 Å². The molecule has 0 aliphatic carbocycles. The lowest BCUT2D eigenvalue weighted by molar-refractivity contribution is -0.384. The molecule has 142 valence electrons. The molecule has 0 heterocycles. The molecule has 0 fully saturated rings. The number of rotatable bonds is 7. The number of hydrogen-bond acceptors (Lipinski definition) is 4. The molecule has 0 saturated heterocycles. The summed E-state index contributed by atoms with van der Waals surface area (Å²) in [6.07, 6.45) is -0.715. The van der Waals surface area contributed by atoms with Crippen LogP contribution in [0.15, 0.2) is 78.9 Å². The number of nitrogens with one attached hydrogen (secondary N) is 1. The number of non-ortho nitro benzene ring substituents is 1. The van der Waals surface area contributed by atoms with Crippen LogP contribution in [0.25, 0.3) is 11.1 Å². The second-order valence-corrected chi connectivity index (χ2v) is 6.41. The Morgan fingerprint density at radius 1 is 0.929 bits per heavy atom. The van der Waals surface area contributed by atoms with Crippen LogP contribution in [0.1, 0.15) is 17.2 Å². The van der Waals surface area contributed by atoms with Gasteiger partial charge in [0.15, 0.2) is 0 Å². The van der Waals surface area contributed by atoms with Crippen LogP contribution in [0.3, 0.4) is 0 Å².